The number of amides is 1. The van der Waals surface area contributed by atoms with Crippen molar-refractivity contribution in [2.45, 2.75) is 30.8 Å². The molecule has 130 valence electrons. The molecule has 3 heterocycles. The van der Waals surface area contributed by atoms with Crippen molar-refractivity contribution in [2.24, 2.45) is 0 Å². The van der Waals surface area contributed by atoms with Crippen LogP contribution < -0.4 is 5.32 Å². The van der Waals surface area contributed by atoms with E-state index in [9.17, 15) is 14.3 Å². The molecule has 2 aliphatic heterocycles. The van der Waals surface area contributed by atoms with Gasteiger partial charge < -0.3 is 10.0 Å². The minimum absolute atomic E-state index is 0.0206. The zero-order valence-corrected chi connectivity index (χ0v) is 14.0. The average molecular weight is 341 g/mol. The Kier molecular flexibility index (Phi) is 3.72. The second kappa shape index (κ2) is 5.81. The van der Waals surface area contributed by atoms with E-state index in [0.717, 1.165) is 31.5 Å². The Hall–Kier alpha value is -2.47. The molecule has 1 aromatic heterocycles. The van der Waals surface area contributed by atoms with E-state index < -0.39 is 11.4 Å². The highest BCUT2D eigenvalue weighted by Crippen LogP contribution is 2.39. The van der Waals surface area contributed by atoms with E-state index in [4.69, 9.17) is 0 Å². The maximum absolute atomic E-state index is 14.1. The number of carbonyl (C=O) groups is 1. The standard InChI is InChI=1S/C19H20FN3O2/c1-23-9-7-19(18(23)25)6-4-16(22-19)17-10-12(5-8-21-17)14-11-13(24)2-3-15(14)20/h2-3,5,8,10-11,16,22,24H,4,6-7,9H2,1H3/t16-,19+/m1/s1. The number of aromatic nitrogens is 1. The minimum Gasteiger partial charge on any atom is -0.508 e. The van der Waals surface area contributed by atoms with Crippen LogP contribution in [0.2, 0.25) is 0 Å². The minimum atomic E-state index is -0.479. The van der Waals surface area contributed by atoms with Gasteiger partial charge in [-0.25, -0.2) is 4.39 Å². The molecule has 2 fully saturated rings. The number of likely N-dealkylation sites (tertiary alicyclic amines) is 1. The SMILES string of the molecule is CN1CC[C@@]2(CC[C@H](c3cc(-c4cc(O)ccc4F)ccn3)N2)C1=O. The van der Waals surface area contributed by atoms with Gasteiger partial charge in [-0.15, -0.1) is 0 Å². The van der Waals surface area contributed by atoms with Crippen molar-refractivity contribution in [3.63, 3.8) is 0 Å². The maximum Gasteiger partial charge on any atom is 0.242 e. The molecule has 0 unspecified atom stereocenters. The second-order valence-corrected chi connectivity index (χ2v) is 6.93. The largest absolute Gasteiger partial charge is 0.508 e. The topological polar surface area (TPSA) is 65.5 Å². The number of rotatable bonds is 2. The van der Waals surface area contributed by atoms with Crippen LogP contribution in [0.5, 0.6) is 5.75 Å². The van der Waals surface area contributed by atoms with E-state index >= 15 is 0 Å². The fourth-order valence-electron chi connectivity index (χ4n) is 3.93. The van der Waals surface area contributed by atoms with Gasteiger partial charge in [0.15, 0.2) is 0 Å². The van der Waals surface area contributed by atoms with Gasteiger partial charge in [0.2, 0.25) is 5.91 Å². The van der Waals surface area contributed by atoms with Crippen LogP contribution in [0.25, 0.3) is 11.1 Å². The highest BCUT2D eigenvalue weighted by atomic mass is 19.1. The Morgan fingerprint density at radius 3 is 2.92 bits per heavy atom. The van der Waals surface area contributed by atoms with Crippen molar-refractivity contribution >= 4 is 5.91 Å². The van der Waals surface area contributed by atoms with E-state index in [-0.39, 0.29) is 17.7 Å². The highest BCUT2D eigenvalue weighted by Gasteiger charge is 2.50. The number of halogens is 1. The van der Waals surface area contributed by atoms with Gasteiger partial charge in [0, 0.05) is 25.4 Å². The molecule has 2 saturated heterocycles. The fraction of sp³-hybridized carbons (Fsp3) is 0.368. The smallest absolute Gasteiger partial charge is 0.242 e. The number of carbonyl (C=O) groups excluding carboxylic acids is 1. The average Bonchev–Trinajstić information content (AvgIpc) is 3.17. The number of likely N-dealkylation sites (N-methyl/N-ethyl adjacent to an activating group) is 1. The first kappa shape index (κ1) is 16.0. The lowest BCUT2D eigenvalue weighted by molar-refractivity contribution is -0.131. The lowest BCUT2D eigenvalue weighted by Crippen LogP contribution is -2.47. The Balaban J connectivity index is 1.63. The van der Waals surface area contributed by atoms with Crippen molar-refractivity contribution < 1.29 is 14.3 Å². The van der Waals surface area contributed by atoms with Gasteiger partial charge in [-0.2, -0.15) is 0 Å². The quantitative estimate of drug-likeness (QED) is 0.881. The molecule has 0 saturated carbocycles. The van der Waals surface area contributed by atoms with E-state index in [0.29, 0.717) is 11.1 Å². The van der Waals surface area contributed by atoms with Gasteiger partial charge in [0.1, 0.15) is 17.1 Å². The number of hydrogen-bond acceptors (Lipinski definition) is 4. The summed E-state index contributed by atoms with van der Waals surface area (Å²) in [4.78, 5) is 18.6. The van der Waals surface area contributed by atoms with Crippen molar-refractivity contribution in [1.29, 1.82) is 0 Å². The summed E-state index contributed by atoms with van der Waals surface area (Å²) < 4.78 is 14.1. The molecule has 25 heavy (non-hydrogen) atoms. The Bertz CT molecular complexity index is 841. The third-order valence-corrected chi connectivity index (χ3v) is 5.34. The molecule has 1 spiro atoms. The Morgan fingerprint density at radius 2 is 2.16 bits per heavy atom. The van der Waals surface area contributed by atoms with Gasteiger partial charge in [-0.1, -0.05) is 0 Å². The third-order valence-electron chi connectivity index (χ3n) is 5.34. The molecular formula is C19H20FN3O2. The number of aromatic hydroxyl groups is 1. The van der Waals surface area contributed by atoms with Crippen molar-refractivity contribution in [1.82, 2.24) is 15.2 Å². The zero-order chi connectivity index (χ0) is 17.6. The highest BCUT2D eigenvalue weighted by molar-refractivity contribution is 5.88. The summed E-state index contributed by atoms with van der Waals surface area (Å²) in [6.45, 7) is 0.764. The number of hydrogen-bond donors (Lipinski definition) is 2. The first-order valence-corrected chi connectivity index (χ1v) is 8.47. The van der Waals surface area contributed by atoms with Gasteiger partial charge >= 0.3 is 0 Å². The van der Waals surface area contributed by atoms with Gasteiger partial charge in [0.05, 0.1) is 11.7 Å². The maximum atomic E-state index is 14.1. The van der Waals surface area contributed by atoms with Gasteiger partial charge in [0.25, 0.3) is 0 Å². The summed E-state index contributed by atoms with van der Waals surface area (Å²) in [5, 5.41) is 13.1. The van der Waals surface area contributed by atoms with Gasteiger partial charge in [-0.05, 0) is 55.2 Å². The van der Waals surface area contributed by atoms with Crippen LogP contribution in [0, 0.1) is 5.82 Å². The van der Waals surface area contributed by atoms with E-state index in [1.165, 1.54) is 18.2 Å². The number of benzene rings is 1. The number of nitrogens with one attached hydrogen (secondary N) is 1. The summed E-state index contributed by atoms with van der Waals surface area (Å²) in [7, 11) is 1.83. The summed E-state index contributed by atoms with van der Waals surface area (Å²) >= 11 is 0. The molecule has 0 aliphatic carbocycles. The molecule has 2 atom stereocenters. The predicted molar refractivity (Wildman–Crippen MR) is 91.4 cm³/mol. The summed E-state index contributed by atoms with van der Waals surface area (Å²) in [5.41, 5.74) is 1.32. The molecule has 2 aliphatic rings. The first-order valence-electron chi connectivity index (χ1n) is 8.47. The molecule has 2 N–H and O–H groups in total. The third kappa shape index (κ3) is 2.66. The molecule has 6 heteroatoms. The molecule has 0 radical (unpaired) electrons. The van der Waals surface area contributed by atoms with Crippen LogP contribution in [0.15, 0.2) is 36.5 Å². The number of phenols is 1. The number of nitrogens with zero attached hydrogens (tertiary/aromatic N) is 2. The second-order valence-electron chi connectivity index (χ2n) is 6.93. The number of phenolic OH excluding ortho intramolecular Hbond substituents is 1. The summed E-state index contributed by atoms with van der Waals surface area (Å²) in [5.74, 6) is -0.226. The number of pyridine rings is 1. The van der Waals surface area contributed by atoms with Crippen LogP contribution in [0.1, 0.15) is 31.0 Å². The Morgan fingerprint density at radius 1 is 1.32 bits per heavy atom. The molecule has 4 rings (SSSR count). The van der Waals surface area contributed by atoms with Gasteiger partial charge in [-0.3, -0.25) is 15.1 Å². The lowest BCUT2D eigenvalue weighted by atomic mass is 9.96. The molecule has 5 nitrogen and oxygen atoms in total. The van der Waals surface area contributed by atoms with Crippen LogP contribution in [0.4, 0.5) is 4.39 Å². The van der Waals surface area contributed by atoms with E-state index in [1.54, 1.807) is 17.2 Å². The molecule has 2 aromatic rings. The molecular weight excluding hydrogens is 321 g/mol. The van der Waals surface area contributed by atoms with Crippen molar-refractivity contribution in [3.05, 3.63) is 48.0 Å². The Labute approximate surface area is 145 Å². The fourth-order valence-corrected chi connectivity index (χ4v) is 3.93. The summed E-state index contributed by atoms with van der Waals surface area (Å²) in [6, 6.07) is 7.51. The van der Waals surface area contributed by atoms with Crippen LogP contribution in [-0.2, 0) is 4.79 Å². The summed E-state index contributed by atoms with van der Waals surface area (Å²) in [6.07, 6.45) is 4.05. The zero-order valence-electron chi connectivity index (χ0n) is 14.0. The monoisotopic (exact) mass is 341 g/mol. The van der Waals surface area contributed by atoms with Crippen molar-refractivity contribution in [2.75, 3.05) is 13.6 Å². The van der Waals surface area contributed by atoms with Crippen LogP contribution in [-0.4, -0.2) is 40.0 Å². The predicted octanol–water partition coefficient (Wildman–Crippen LogP) is 2.62. The normalized spacial score (nSPS) is 25.9. The van der Waals surface area contributed by atoms with Crippen LogP contribution >= 0.6 is 0 Å². The first-order chi connectivity index (χ1) is 12.0. The molecule has 0 bridgehead atoms. The van der Waals surface area contributed by atoms with Crippen molar-refractivity contribution in [3.8, 4) is 16.9 Å². The molecule has 1 aromatic carbocycles. The lowest BCUT2D eigenvalue weighted by Gasteiger charge is -2.23. The van der Waals surface area contributed by atoms with Crippen LogP contribution in [0.3, 0.4) is 0 Å². The van der Waals surface area contributed by atoms with E-state index in [1.807, 2.05) is 13.1 Å². The van der Waals surface area contributed by atoms with E-state index in [2.05, 4.69) is 10.3 Å². The molecule has 1 amide bonds.